The molecule has 146 valence electrons. The summed E-state index contributed by atoms with van der Waals surface area (Å²) in [6.07, 6.45) is 0.722. The number of methoxy groups -OCH3 is 1. The predicted molar refractivity (Wildman–Crippen MR) is 116 cm³/mol. The molecule has 4 aromatic rings. The lowest BCUT2D eigenvalue weighted by Gasteiger charge is -2.14. The second-order valence-electron chi connectivity index (χ2n) is 6.39. The van der Waals surface area contributed by atoms with Crippen molar-refractivity contribution >= 4 is 43.1 Å². The van der Waals surface area contributed by atoms with Crippen LogP contribution < -0.4 is 4.74 Å². The van der Waals surface area contributed by atoms with E-state index in [0.717, 1.165) is 10.8 Å². The summed E-state index contributed by atoms with van der Waals surface area (Å²) >= 11 is 3.41. The van der Waals surface area contributed by atoms with E-state index in [2.05, 4.69) is 15.9 Å². The number of carbonyl (C=O) groups excluding carboxylic acids is 1. The van der Waals surface area contributed by atoms with E-state index in [0.29, 0.717) is 33.5 Å². The zero-order valence-electron chi connectivity index (χ0n) is 15.4. The van der Waals surface area contributed by atoms with Crippen molar-refractivity contribution in [3.05, 3.63) is 82.8 Å². The number of hydrogen-bond donors (Lipinski definition) is 0. The summed E-state index contributed by atoms with van der Waals surface area (Å²) in [5.41, 5.74) is 1.82. The van der Waals surface area contributed by atoms with Crippen molar-refractivity contribution in [2.75, 3.05) is 7.11 Å². The first-order valence-corrected chi connectivity index (χ1v) is 10.9. The molecular formula is C22H16BrNO4S. The van der Waals surface area contributed by atoms with Crippen molar-refractivity contribution < 1.29 is 17.9 Å². The Bertz CT molecular complexity index is 1330. The fraction of sp³-hybridized carbons (Fsp3) is 0.0455. The molecule has 0 aliphatic rings. The fourth-order valence-electron chi connectivity index (χ4n) is 3.29. The zero-order chi connectivity index (χ0) is 20.6. The second-order valence-corrected chi connectivity index (χ2v) is 9.09. The molecule has 29 heavy (non-hydrogen) atoms. The maximum atomic E-state index is 13.6. The number of aldehydes is 1. The molecule has 0 N–H and O–H groups in total. The number of benzene rings is 3. The Balaban J connectivity index is 2.12. The number of carbonyl (C=O) groups is 1. The van der Waals surface area contributed by atoms with E-state index in [4.69, 9.17) is 4.74 Å². The van der Waals surface area contributed by atoms with Crippen LogP contribution in [0.25, 0.3) is 22.2 Å². The van der Waals surface area contributed by atoms with Crippen molar-refractivity contribution in [3.8, 4) is 17.0 Å². The fourth-order valence-corrected chi connectivity index (χ4v) is 5.20. The highest BCUT2D eigenvalue weighted by Gasteiger charge is 2.25. The van der Waals surface area contributed by atoms with Crippen LogP contribution in [0, 0.1) is 0 Å². The van der Waals surface area contributed by atoms with Gasteiger partial charge in [-0.05, 0) is 54.6 Å². The van der Waals surface area contributed by atoms with Crippen LogP contribution in [-0.2, 0) is 10.0 Å². The molecule has 0 aliphatic carbocycles. The molecule has 3 aromatic carbocycles. The molecule has 0 saturated carbocycles. The maximum Gasteiger partial charge on any atom is 0.268 e. The maximum absolute atomic E-state index is 13.6. The lowest BCUT2D eigenvalue weighted by Crippen LogP contribution is -2.14. The van der Waals surface area contributed by atoms with Crippen LogP contribution in [0.1, 0.15) is 10.4 Å². The number of ether oxygens (including phenoxy) is 1. The minimum atomic E-state index is -3.91. The van der Waals surface area contributed by atoms with Crippen molar-refractivity contribution in [2.24, 2.45) is 0 Å². The molecule has 0 spiro atoms. The summed E-state index contributed by atoms with van der Waals surface area (Å²) in [4.78, 5) is 11.8. The van der Waals surface area contributed by atoms with Crippen molar-refractivity contribution in [3.63, 3.8) is 0 Å². The summed E-state index contributed by atoms with van der Waals surface area (Å²) in [5, 5.41) is 0.690. The standard InChI is InChI=1S/C22H16BrNO4S/c1-28-18-9-10-21-16(11-18)12-22(20-13-17(23)8-7-15(20)14-25)24(21)29(26,27)19-5-3-2-4-6-19/h2-14H,1H3. The zero-order valence-corrected chi connectivity index (χ0v) is 17.8. The van der Waals surface area contributed by atoms with Crippen molar-refractivity contribution in [1.82, 2.24) is 3.97 Å². The number of hydrogen-bond acceptors (Lipinski definition) is 4. The van der Waals surface area contributed by atoms with Crippen LogP contribution in [0.2, 0.25) is 0 Å². The predicted octanol–water partition coefficient (Wildman–Crippen LogP) is 5.13. The average molecular weight is 470 g/mol. The summed E-state index contributed by atoms with van der Waals surface area (Å²) in [5.74, 6) is 0.614. The Labute approximate surface area is 176 Å². The average Bonchev–Trinajstić information content (AvgIpc) is 3.13. The molecule has 1 aromatic heterocycles. The van der Waals surface area contributed by atoms with Crippen LogP contribution in [0.5, 0.6) is 5.75 Å². The number of nitrogens with zero attached hydrogens (tertiary/aromatic N) is 1. The summed E-state index contributed by atoms with van der Waals surface area (Å²) in [7, 11) is -2.36. The Morgan fingerprint density at radius 1 is 0.966 bits per heavy atom. The normalized spacial score (nSPS) is 11.5. The molecule has 1 heterocycles. The summed E-state index contributed by atoms with van der Waals surface area (Å²) < 4.78 is 34.5. The van der Waals surface area contributed by atoms with E-state index in [1.165, 1.54) is 3.97 Å². The summed E-state index contributed by atoms with van der Waals surface area (Å²) in [6.45, 7) is 0. The monoisotopic (exact) mass is 469 g/mol. The number of fused-ring (bicyclic) bond motifs is 1. The molecule has 0 bridgehead atoms. The lowest BCUT2D eigenvalue weighted by atomic mass is 10.1. The van der Waals surface area contributed by atoms with E-state index < -0.39 is 10.0 Å². The minimum Gasteiger partial charge on any atom is -0.497 e. The molecule has 0 radical (unpaired) electrons. The first-order valence-electron chi connectivity index (χ1n) is 8.71. The third-order valence-corrected chi connectivity index (χ3v) is 6.90. The van der Waals surface area contributed by atoms with Gasteiger partial charge in [-0.1, -0.05) is 34.1 Å². The first-order chi connectivity index (χ1) is 14.0. The molecule has 0 unspecified atom stereocenters. The number of halogens is 1. The Morgan fingerprint density at radius 3 is 2.41 bits per heavy atom. The van der Waals surface area contributed by atoms with Crippen LogP contribution in [0.3, 0.4) is 0 Å². The largest absolute Gasteiger partial charge is 0.497 e. The summed E-state index contributed by atoms with van der Waals surface area (Å²) in [6, 6.07) is 20.3. The molecular weight excluding hydrogens is 454 g/mol. The van der Waals surface area contributed by atoms with Gasteiger partial charge in [-0.2, -0.15) is 0 Å². The molecule has 0 amide bonds. The number of aromatic nitrogens is 1. The van der Waals surface area contributed by atoms with Crippen molar-refractivity contribution in [1.29, 1.82) is 0 Å². The molecule has 4 rings (SSSR count). The third-order valence-electron chi connectivity index (χ3n) is 4.66. The highest BCUT2D eigenvalue weighted by Crippen LogP contribution is 2.36. The van der Waals surface area contributed by atoms with Crippen LogP contribution >= 0.6 is 15.9 Å². The molecule has 0 atom stereocenters. The molecule has 0 saturated heterocycles. The minimum absolute atomic E-state index is 0.164. The quantitative estimate of drug-likeness (QED) is 0.380. The van der Waals surface area contributed by atoms with Crippen LogP contribution in [0.15, 0.2) is 82.2 Å². The highest BCUT2D eigenvalue weighted by atomic mass is 79.9. The molecule has 7 heteroatoms. The van der Waals surface area contributed by atoms with E-state index in [9.17, 15) is 13.2 Å². The first kappa shape index (κ1) is 19.4. The Morgan fingerprint density at radius 2 is 1.72 bits per heavy atom. The van der Waals surface area contributed by atoms with Gasteiger partial charge in [0.2, 0.25) is 0 Å². The van der Waals surface area contributed by atoms with E-state index >= 15 is 0 Å². The van der Waals surface area contributed by atoms with E-state index in [1.54, 1.807) is 79.9 Å². The van der Waals surface area contributed by atoms with Gasteiger partial charge in [0.25, 0.3) is 10.0 Å². The van der Waals surface area contributed by atoms with Gasteiger partial charge in [0.15, 0.2) is 6.29 Å². The van der Waals surface area contributed by atoms with Gasteiger partial charge >= 0.3 is 0 Å². The SMILES string of the molecule is COc1ccc2c(c1)cc(-c1cc(Br)ccc1C=O)n2S(=O)(=O)c1ccccc1. The van der Waals surface area contributed by atoms with E-state index in [1.807, 2.05) is 0 Å². The second kappa shape index (κ2) is 7.50. The van der Waals surface area contributed by atoms with Gasteiger partial charge in [-0.15, -0.1) is 0 Å². The van der Waals surface area contributed by atoms with E-state index in [-0.39, 0.29) is 4.90 Å². The molecule has 0 aliphatic heterocycles. The lowest BCUT2D eigenvalue weighted by molar-refractivity contribution is 0.112. The van der Waals surface area contributed by atoms with Gasteiger partial charge in [-0.3, -0.25) is 4.79 Å². The van der Waals surface area contributed by atoms with Gasteiger partial charge in [0.05, 0.1) is 23.2 Å². The highest BCUT2D eigenvalue weighted by molar-refractivity contribution is 9.10. The third kappa shape index (κ3) is 3.36. The van der Waals surface area contributed by atoms with Gasteiger partial charge in [0, 0.05) is 21.0 Å². The van der Waals surface area contributed by atoms with Gasteiger partial charge < -0.3 is 4.74 Å². The van der Waals surface area contributed by atoms with Gasteiger partial charge in [-0.25, -0.2) is 12.4 Å². The number of rotatable bonds is 5. The Kier molecular flexibility index (Phi) is 5.02. The van der Waals surface area contributed by atoms with Crippen molar-refractivity contribution in [2.45, 2.75) is 4.90 Å². The smallest absolute Gasteiger partial charge is 0.268 e. The van der Waals surface area contributed by atoms with Crippen LogP contribution in [-0.4, -0.2) is 25.8 Å². The topological polar surface area (TPSA) is 65.4 Å². The molecule has 5 nitrogen and oxygen atoms in total. The Hall–Kier alpha value is -2.90. The molecule has 0 fully saturated rings. The van der Waals surface area contributed by atoms with Gasteiger partial charge in [0.1, 0.15) is 5.75 Å². The van der Waals surface area contributed by atoms with Crippen LogP contribution in [0.4, 0.5) is 0 Å².